The lowest BCUT2D eigenvalue weighted by molar-refractivity contribution is 0.152. The molecule has 0 aromatic heterocycles. The van der Waals surface area contributed by atoms with Crippen LogP contribution in [0.1, 0.15) is 0 Å². The Labute approximate surface area is 61.3 Å². The fourth-order valence-corrected chi connectivity index (χ4v) is 1.59. The van der Waals surface area contributed by atoms with Gasteiger partial charge in [0.15, 0.2) is 0 Å². The van der Waals surface area contributed by atoms with Crippen molar-refractivity contribution in [2.24, 2.45) is 11.8 Å². The van der Waals surface area contributed by atoms with Gasteiger partial charge in [-0.25, -0.2) is 0 Å². The number of nitrogens with zero attached hydrogens (tertiary/aromatic N) is 1. The normalized spacial score (nSPS) is 35.1. The first-order chi connectivity index (χ1) is 4.77. The fraction of sp³-hybridized carbons (Fsp3) is 1.00. The van der Waals surface area contributed by atoms with Crippen LogP contribution in [-0.2, 0) is 0 Å². The molecule has 0 saturated carbocycles. The third kappa shape index (κ3) is 1.48. The molecule has 1 aliphatic rings. The van der Waals surface area contributed by atoms with Crippen LogP contribution in [0.4, 0.5) is 0 Å². The van der Waals surface area contributed by atoms with Crippen LogP contribution in [0.25, 0.3) is 0 Å². The zero-order valence-electron chi connectivity index (χ0n) is 6.32. The van der Waals surface area contributed by atoms with Gasteiger partial charge in [0.05, 0.1) is 0 Å². The van der Waals surface area contributed by atoms with E-state index >= 15 is 0 Å². The van der Waals surface area contributed by atoms with E-state index in [0.717, 1.165) is 13.1 Å². The van der Waals surface area contributed by atoms with E-state index in [4.69, 9.17) is 10.2 Å². The van der Waals surface area contributed by atoms with E-state index in [9.17, 15) is 0 Å². The predicted molar refractivity (Wildman–Crippen MR) is 38.6 cm³/mol. The van der Waals surface area contributed by atoms with E-state index < -0.39 is 0 Å². The maximum Gasteiger partial charge on any atom is 0.0475 e. The molecule has 1 rings (SSSR count). The summed E-state index contributed by atoms with van der Waals surface area (Å²) in [6, 6.07) is 0. The van der Waals surface area contributed by atoms with Crippen LogP contribution < -0.4 is 0 Å². The predicted octanol–water partition coefficient (Wildman–Crippen LogP) is -0.851. The number of aliphatic hydroxyl groups is 2. The highest BCUT2D eigenvalue weighted by atomic mass is 16.3. The second-order valence-electron chi connectivity index (χ2n) is 3.11. The van der Waals surface area contributed by atoms with Crippen LogP contribution in [0.15, 0.2) is 0 Å². The van der Waals surface area contributed by atoms with Crippen LogP contribution in [0, 0.1) is 11.8 Å². The molecule has 1 aliphatic heterocycles. The van der Waals surface area contributed by atoms with Gasteiger partial charge in [-0.1, -0.05) is 0 Å². The van der Waals surface area contributed by atoms with E-state index in [1.165, 1.54) is 0 Å². The summed E-state index contributed by atoms with van der Waals surface area (Å²) in [6.45, 7) is 2.24. The lowest BCUT2D eigenvalue weighted by Crippen LogP contribution is -2.19. The Morgan fingerprint density at radius 1 is 1.20 bits per heavy atom. The van der Waals surface area contributed by atoms with Gasteiger partial charge in [-0.05, 0) is 7.05 Å². The Kier molecular flexibility index (Phi) is 2.65. The van der Waals surface area contributed by atoms with Crippen LogP contribution >= 0.6 is 0 Å². The van der Waals surface area contributed by atoms with E-state index in [0.29, 0.717) is 0 Å². The summed E-state index contributed by atoms with van der Waals surface area (Å²) in [7, 11) is 2.01. The topological polar surface area (TPSA) is 43.7 Å². The van der Waals surface area contributed by atoms with Crippen molar-refractivity contribution in [1.29, 1.82) is 0 Å². The summed E-state index contributed by atoms with van der Waals surface area (Å²) < 4.78 is 0. The van der Waals surface area contributed by atoms with Crippen molar-refractivity contribution in [2.75, 3.05) is 33.4 Å². The molecule has 60 valence electrons. The molecule has 10 heavy (non-hydrogen) atoms. The fourth-order valence-electron chi connectivity index (χ4n) is 1.59. The second kappa shape index (κ2) is 3.32. The maximum absolute atomic E-state index is 8.85. The lowest BCUT2D eigenvalue weighted by atomic mass is 9.98. The molecule has 1 saturated heterocycles. The number of hydrogen-bond donors (Lipinski definition) is 2. The summed E-state index contributed by atoms with van der Waals surface area (Å²) in [5, 5.41) is 17.7. The highest BCUT2D eigenvalue weighted by Gasteiger charge is 2.29. The molecule has 0 spiro atoms. The minimum Gasteiger partial charge on any atom is -0.396 e. The smallest absolute Gasteiger partial charge is 0.0475 e. The van der Waals surface area contributed by atoms with Crippen molar-refractivity contribution < 1.29 is 10.2 Å². The molecular formula is C7H15NO2. The quantitative estimate of drug-likeness (QED) is 0.532. The molecule has 1 fully saturated rings. The molecule has 2 N–H and O–H groups in total. The molecule has 0 aromatic rings. The Morgan fingerprint density at radius 3 is 1.90 bits per heavy atom. The molecule has 0 aromatic carbocycles. The minimum absolute atomic E-state index is 0.204. The third-order valence-electron chi connectivity index (χ3n) is 2.23. The maximum atomic E-state index is 8.85. The summed E-state index contributed by atoms with van der Waals surface area (Å²) in [5.41, 5.74) is 0. The second-order valence-corrected chi connectivity index (χ2v) is 3.11. The van der Waals surface area contributed by atoms with E-state index in [1.54, 1.807) is 0 Å². The van der Waals surface area contributed by atoms with Gasteiger partial charge < -0.3 is 15.1 Å². The van der Waals surface area contributed by atoms with Gasteiger partial charge in [-0.15, -0.1) is 0 Å². The number of rotatable bonds is 2. The molecule has 3 heteroatoms. The van der Waals surface area contributed by atoms with Crippen molar-refractivity contribution in [3.63, 3.8) is 0 Å². The van der Waals surface area contributed by atoms with Gasteiger partial charge in [-0.2, -0.15) is 0 Å². The first kappa shape index (κ1) is 7.98. The standard InChI is InChI=1S/C7H15NO2/c1-8-2-6(4-9)7(3-8)5-10/h6-7,9-10H,2-5H2,1H3/t6-,7+. The molecule has 0 unspecified atom stereocenters. The summed E-state index contributed by atoms with van der Waals surface area (Å²) in [5.74, 6) is 0.574. The molecule has 0 aliphatic carbocycles. The average molecular weight is 145 g/mol. The van der Waals surface area contributed by atoms with Gasteiger partial charge in [0.25, 0.3) is 0 Å². The highest BCUT2D eigenvalue weighted by molar-refractivity contribution is 4.80. The van der Waals surface area contributed by atoms with Crippen molar-refractivity contribution in [3.05, 3.63) is 0 Å². The molecule has 0 bridgehead atoms. The zero-order valence-corrected chi connectivity index (χ0v) is 6.32. The monoisotopic (exact) mass is 145 g/mol. The highest BCUT2D eigenvalue weighted by Crippen LogP contribution is 2.20. The lowest BCUT2D eigenvalue weighted by Gasteiger charge is -2.11. The van der Waals surface area contributed by atoms with Crippen molar-refractivity contribution in [2.45, 2.75) is 0 Å². The van der Waals surface area contributed by atoms with Crippen LogP contribution in [0.3, 0.4) is 0 Å². The van der Waals surface area contributed by atoms with Gasteiger partial charge >= 0.3 is 0 Å². The zero-order chi connectivity index (χ0) is 7.56. The molecule has 0 radical (unpaired) electrons. The van der Waals surface area contributed by atoms with Crippen LogP contribution in [0.5, 0.6) is 0 Å². The number of hydrogen-bond acceptors (Lipinski definition) is 3. The van der Waals surface area contributed by atoms with Gasteiger partial charge in [-0.3, -0.25) is 0 Å². The summed E-state index contributed by atoms with van der Waals surface area (Å²) in [4.78, 5) is 2.14. The Balaban J connectivity index is 2.41. The number of aliphatic hydroxyl groups excluding tert-OH is 2. The van der Waals surface area contributed by atoms with Gasteiger partial charge in [0.1, 0.15) is 0 Å². The molecule has 2 atom stereocenters. The third-order valence-corrected chi connectivity index (χ3v) is 2.23. The molecule has 3 nitrogen and oxygen atoms in total. The number of likely N-dealkylation sites (tertiary alicyclic amines) is 1. The largest absolute Gasteiger partial charge is 0.396 e. The first-order valence-corrected chi connectivity index (χ1v) is 3.68. The van der Waals surface area contributed by atoms with Gasteiger partial charge in [0.2, 0.25) is 0 Å². The van der Waals surface area contributed by atoms with E-state index in [1.807, 2.05) is 7.05 Å². The van der Waals surface area contributed by atoms with E-state index in [2.05, 4.69) is 4.90 Å². The minimum atomic E-state index is 0.204. The average Bonchev–Trinajstić information content (AvgIpc) is 2.30. The van der Waals surface area contributed by atoms with Crippen molar-refractivity contribution in [3.8, 4) is 0 Å². The van der Waals surface area contributed by atoms with Gasteiger partial charge in [0, 0.05) is 38.1 Å². The molecule has 0 amide bonds. The van der Waals surface area contributed by atoms with Crippen LogP contribution in [-0.4, -0.2) is 48.5 Å². The Hall–Kier alpha value is -0.120. The van der Waals surface area contributed by atoms with Crippen molar-refractivity contribution in [1.82, 2.24) is 4.90 Å². The van der Waals surface area contributed by atoms with E-state index in [-0.39, 0.29) is 25.0 Å². The summed E-state index contributed by atoms with van der Waals surface area (Å²) >= 11 is 0. The molecular weight excluding hydrogens is 130 g/mol. The Bertz CT molecular complexity index is 95.8. The SMILES string of the molecule is CN1C[C@@H](CO)[C@@H](CO)C1. The Morgan fingerprint density at radius 2 is 1.60 bits per heavy atom. The first-order valence-electron chi connectivity index (χ1n) is 3.68. The summed E-state index contributed by atoms with van der Waals surface area (Å²) in [6.07, 6.45) is 0. The van der Waals surface area contributed by atoms with Crippen LogP contribution in [0.2, 0.25) is 0 Å². The van der Waals surface area contributed by atoms with Crippen molar-refractivity contribution >= 4 is 0 Å². The molecule has 1 heterocycles.